The van der Waals surface area contributed by atoms with Crippen LogP contribution < -0.4 is 0 Å². The Bertz CT molecular complexity index is 207. The molecule has 0 atom stereocenters. The second-order valence-electron chi connectivity index (χ2n) is 3.59. The number of nitrogens with zero attached hydrogens (tertiary/aromatic N) is 1. The van der Waals surface area contributed by atoms with Crippen molar-refractivity contribution in [3.8, 4) is 0 Å². The molecule has 1 aromatic rings. The summed E-state index contributed by atoms with van der Waals surface area (Å²) in [5.41, 5.74) is 1.49. The van der Waals surface area contributed by atoms with Crippen LogP contribution in [0.25, 0.3) is 0 Å². The molecule has 66 valence electrons. The molecule has 0 aliphatic carbocycles. The van der Waals surface area contributed by atoms with Crippen LogP contribution >= 0.6 is 0 Å². The van der Waals surface area contributed by atoms with Crippen molar-refractivity contribution in [2.45, 2.75) is 19.3 Å². The summed E-state index contributed by atoms with van der Waals surface area (Å²) in [4.78, 5) is 2.56. The van der Waals surface area contributed by atoms with E-state index in [1.54, 1.807) is 0 Å². The molecular formula is C11H16N-. The fraction of sp³-hybridized carbons (Fsp3) is 0.545. The summed E-state index contributed by atoms with van der Waals surface area (Å²) in [5, 5.41) is 0. The third-order valence-electron chi connectivity index (χ3n) is 2.65. The summed E-state index contributed by atoms with van der Waals surface area (Å²) in [6.45, 7) is 3.89. The summed E-state index contributed by atoms with van der Waals surface area (Å²) in [6, 6.07) is 8.69. The molecule has 0 radical (unpaired) electrons. The van der Waals surface area contributed by atoms with E-state index in [1.807, 2.05) is 0 Å². The van der Waals surface area contributed by atoms with Crippen molar-refractivity contribution in [1.82, 2.24) is 4.90 Å². The Morgan fingerprint density at radius 3 is 2.83 bits per heavy atom. The third kappa shape index (κ3) is 1.92. The zero-order valence-corrected chi connectivity index (χ0v) is 7.50. The number of hydrogen-bond donors (Lipinski definition) is 0. The van der Waals surface area contributed by atoms with Gasteiger partial charge < -0.3 is 4.90 Å². The van der Waals surface area contributed by atoms with E-state index in [0.29, 0.717) is 0 Å². The second-order valence-corrected chi connectivity index (χ2v) is 3.59. The topological polar surface area (TPSA) is 3.24 Å². The van der Waals surface area contributed by atoms with Gasteiger partial charge in [0.15, 0.2) is 0 Å². The Morgan fingerprint density at radius 1 is 1.33 bits per heavy atom. The van der Waals surface area contributed by atoms with Crippen LogP contribution in [0.1, 0.15) is 18.4 Å². The lowest BCUT2D eigenvalue weighted by atomic mass is 10.2. The van der Waals surface area contributed by atoms with E-state index in [0.717, 1.165) is 0 Å². The fourth-order valence-corrected chi connectivity index (χ4v) is 1.87. The predicted molar refractivity (Wildman–Crippen MR) is 51.4 cm³/mol. The first-order valence-electron chi connectivity index (χ1n) is 4.88. The Balaban J connectivity index is 1.74. The highest BCUT2D eigenvalue weighted by atomic mass is 15.1. The molecule has 0 saturated carbocycles. The molecule has 1 nitrogen and oxygen atoms in total. The van der Waals surface area contributed by atoms with Gasteiger partial charge >= 0.3 is 0 Å². The maximum absolute atomic E-state index is 2.56. The zero-order chi connectivity index (χ0) is 8.23. The van der Waals surface area contributed by atoms with Crippen molar-refractivity contribution in [3.05, 3.63) is 29.8 Å². The van der Waals surface area contributed by atoms with Crippen LogP contribution in [-0.2, 0) is 6.42 Å². The van der Waals surface area contributed by atoms with Crippen LogP contribution in [0.5, 0.6) is 0 Å². The molecule has 0 bridgehead atoms. The predicted octanol–water partition coefficient (Wildman–Crippen LogP) is 2.04. The lowest BCUT2D eigenvalue weighted by Gasteiger charge is -2.15. The van der Waals surface area contributed by atoms with Crippen LogP contribution in [0.2, 0.25) is 0 Å². The van der Waals surface area contributed by atoms with Gasteiger partial charge in [0, 0.05) is 0 Å². The highest BCUT2D eigenvalue weighted by molar-refractivity contribution is 5.16. The van der Waals surface area contributed by atoms with E-state index < -0.39 is 0 Å². The smallest absolute Gasteiger partial charge is 0.00186 e. The second kappa shape index (κ2) is 3.81. The molecule has 1 heteroatoms. The molecule has 1 aliphatic rings. The van der Waals surface area contributed by atoms with Crippen molar-refractivity contribution < 1.29 is 0 Å². The molecule has 1 aromatic carbocycles. The van der Waals surface area contributed by atoms with E-state index >= 15 is 0 Å². The molecule has 1 heterocycles. The fourth-order valence-electron chi connectivity index (χ4n) is 1.87. The van der Waals surface area contributed by atoms with Crippen LogP contribution in [0, 0.1) is 0 Å². The first-order valence-corrected chi connectivity index (χ1v) is 4.88. The summed E-state index contributed by atoms with van der Waals surface area (Å²) in [6.07, 6.45) is 4.04. The van der Waals surface area contributed by atoms with Gasteiger partial charge in [0.05, 0.1) is 0 Å². The standard InChI is InChI=1S/C11H16N/c1-2-6-11(5-1)7-10-12-8-3-4-9-12/h1-2,5-6H,3-4,7-10H2/q-1. The zero-order valence-electron chi connectivity index (χ0n) is 7.50. The number of likely N-dealkylation sites (tertiary alicyclic amines) is 1. The third-order valence-corrected chi connectivity index (χ3v) is 2.65. The Morgan fingerprint density at radius 2 is 2.17 bits per heavy atom. The van der Waals surface area contributed by atoms with E-state index in [2.05, 4.69) is 29.2 Å². The molecule has 0 N–H and O–H groups in total. The van der Waals surface area contributed by atoms with Crippen molar-refractivity contribution >= 4 is 0 Å². The SMILES string of the molecule is c1cc(CCN2CCCC2)c[cH-]1. The summed E-state index contributed by atoms with van der Waals surface area (Å²) in [5.74, 6) is 0. The first kappa shape index (κ1) is 7.93. The lowest BCUT2D eigenvalue weighted by molar-refractivity contribution is 0.343. The van der Waals surface area contributed by atoms with Gasteiger partial charge in [-0.2, -0.15) is 23.8 Å². The Kier molecular flexibility index (Phi) is 2.52. The maximum Gasteiger partial charge on any atom is -0.00186 e. The van der Waals surface area contributed by atoms with Crippen LogP contribution in [0.4, 0.5) is 0 Å². The lowest BCUT2D eigenvalue weighted by Crippen LogP contribution is -2.21. The summed E-state index contributed by atoms with van der Waals surface area (Å²) < 4.78 is 0. The van der Waals surface area contributed by atoms with Crippen LogP contribution in [-0.4, -0.2) is 24.5 Å². The van der Waals surface area contributed by atoms with Gasteiger partial charge in [-0.05, 0) is 32.5 Å². The minimum Gasteiger partial charge on any atom is -0.304 e. The van der Waals surface area contributed by atoms with Gasteiger partial charge in [0.25, 0.3) is 0 Å². The van der Waals surface area contributed by atoms with Crippen molar-refractivity contribution in [3.63, 3.8) is 0 Å². The summed E-state index contributed by atoms with van der Waals surface area (Å²) in [7, 11) is 0. The highest BCUT2D eigenvalue weighted by Gasteiger charge is 2.09. The Hall–Kier alpha value is -0.690. The molecule has 0 aromatic heterocycles. The van der Waals surface area contributed by atoms with Crippen LogP contribution in [0.15, 0.2) is 24.3 Å². The van der Waals surface area contributed by atoms with Gasteiger partial charge in [0.2, 0.25) is 0 Å². The maximum atomic E-state index is 2.56. The van der Waals surface area contributed by atoms with E-state index in [1.165, 1.54) is 44.5 Å². The van der Waals surface area contributed by atoms with E-state index in [4.69, 9.17) is 0 Å². The number of hydrogen-bond acceptors (Lipinski definition) is 1. The average Bonchev–Trinajstić information content (AvgIpc) is 2.74. The molecule has 1 saturated heterocycles. The van der Waals surface area contributed by atoms with Gasteiger partial charge in [0.1, 0.15) is 0 Å². The Labute approximate surface area is 74.4 Å². The van der Waals surface area contributed by atoms with Gasteiger partial charge in [-0.25, -0.2) is 6.07 Å². The largest absolute Gasteiger partial charge is 0.304 e. The van der Waals surface area contributed by atoms with Crippen molar-refractivity contribution in [1.29, 1.82) is 0 Å². The minimum absolute atomic E-state index is 1.23. The van der Waals surface area contributed by atoms with Crippen LogP contribution in [0.3, 0.4) is 0 Å². The van der Waals surface area contributed by atoms with E-state index in [9.17, 15) is 0 Å². The molecule has 0 unspecified atom stereocenters. The molecule has 0 spiro atoms. The van der Waals surface area contributed by atoms with Crippen molar-refractivity contribution in [2.75, 3.05) is 19.6 Å². The average molecular weight is 162 g/mol. The normalized spacial score (nSPS) is 18.7. The molecule has 0 amide bonds. The molecule has 1 fully saturated rings. The van der Waals surface area contributed by atoms with Gasteiger partial charge in [-0.3, -0.25) is 0 Å². The monoisotopic (exact) mass is 162 g/mol. The van der Waals surface area contributed by atoms with Crippen molar-refractivity contribution in [2.24, 2.45) is 0 Å². The van der Waals surface area contributed by atoms with Gasteiger partial charge in [-0.15, -0.1) is 0 Å². The quantitative estimate of drug-likeness (QED) is 0.615. The minimum atomic E-state index is 1.23. The van der Waals surface area contributed by atoms with Gasteiger partial charge in [-0.1, -0.05) is 6.42 Å². The molecular weight excluding hydrogens is 146 g/mol. The first-order chi connectivity index (χ1) is 5.95. The number of rotatable bonds is 3. The molecule has 1 aliphatic heterocycles. The molecule has 12 heavy (non-hydrogen) atoms. The highest BCUT2D eigenvalue weighted by Crippen LogP contribution is 2.09. The molecule has 2 rings (SSSR count). The summed E-state index contributed by atoms with van der Waals surface area (Å²) >= 11 is 0. The van der Waals surface area contributed by atoms with E-state index in [-0.39, 0.29) is 0 Å².